The van der Waals surface area contributed by atoms with Crippen molar-refractivity contribution in [2.45, 2.75) is 31.6 Å². The van der Waals surface area contributed by atoms with E-state index in [9.17, 15) is 13.2 Å². The lowest BCUT2D eigenvalue weighted by Gasteiger charge is -2.29. The Morgan fingerprint density at radius 2 is 2.21 bits per heavy atom. The summed E-state index contributed by atoms with van der Waals surface area (Å²) in [7, 11) is 3.31. The van der Waals surface area contributed by atoms with Crippen molar-refractivity contribution in [1.82, 2.24) is 34.5 Å². The summed E-state index contributed by atoms with van der Waals surface area (Å²) < 4.78 is 56.9. The number of likely N-dealkylation sites (tertiary alicyclic amines) is 1. The number of hydrogen-bond acceptors (Lipinski definition) is 6. The minimum Gasteiger partial charge on any atom is -0.479 e. The van der Waals surface area contributed by atoms with Gasteiger partial charge in [0.1, 0.15) is 23.7 Å². The molecule has 3 aromatic heterocycles. The number of halogens is 3. The van der Waals surface area contributed by atoms with Crippen LogP contribution in [0.2, 0.25) is 0 Å². The number of alkyl halides is 3. The van der Waals surface area contributed by atoms with Crippen molar-refractivity contribution in [1.29, 1.82) is 0 Å². The van der Waals surface area contributed by atoms with E-state index in [-0.39, 0.29) is 17.7 Å². The number of nitrogens with one attached hydrogen (secondary N) is 1. The third-order valence-electron chi connectivity index (χ3n) is 5.77. The van der Waals surface area contributed by atoms with E-state index in [1.165, 1.54) is 11.6 Å². The molecule has 174 valence electrons. The second-order valence-corrected chi connectivity index (χ2v) is 8.06. The number of H-pyrrole nitrogens is 1. The van der Waals surface area contributed by atoms with Gasteiger partial charge in [-0.15, -0.1) is 5.10 Å². The maximum Gasteiger partial charge on any atom is 0.258 e. The lowest BCUT2D eigenvalue weighted by atomic mass is 10.0. The third kappa shape index (κ3) is 4.06. The number of nitrogens with zero attached hydrogens (tertiary/aromatic N) is 7. The van der Waals surface area contributed by atoms with E-state index < -0.39 is 25.2 Å². The molecule has 0 unspecified atom stereocenters. The van der Waals surface area contributed by atoms with Crippen molar-refractivity contribution in [3.8, 4) is 17.0 Å². The van der Waals surface area contributed by atoms with E-state index in [4.69, 9.17) is 6.11 Å². The Labute approximate surface area is 187 Å². The zero-order valence-electron chi connectivity index (χ0n) is 19.0. The van der Waals surface area contributed by atoms with Crippen molar-refractivity contribution in [2.75, 3.05) is 27.2 Å². The Balaban J connectivity index is 1.62. The number of aromatic amines is 1. The molecule has 2 atom stereocenters. The standard InChI is InChI=1S/C21H23F3N8O/c1-30-7-6-15(14(22)10-30)25-21-26-20(33-2)19-13(5-8-31(19)28-21)12-3-4-16-17(9-12)32(29-27-16)11-18(23)24/h3-5,8-9,14-15,18H,6-7,10-11H2,1-2H3,(H,25,28)/t14-,15+/m1/s1/i8D. The van der Waals surface area contributed by atoms with Gasteiger partial charge in [-0.3, -0.25) is 9.61 Å². The van der Waals surface area contributed by atoms with Crippen LogP contribution >= 0.6 is 0 Å². The molecule has 0 radical (unpaired) electrons. The first-order valence-electron chi connectivity index (χ1n) is 11.0. The molecule has 1 aliphatic rings. The van der Waals surface area contributed by atoms with Crippen molar-refractivity contribution >= 4 is 16.6 Å². The van der Waals surface area contributed by atoms with Gasteiger partial charge in [-0.25, -0.2) is 22.8 Å². The van der Waals surface area contributed by atoms with Gasteiger partial charge in [0, 0.05) is 24.8 Å². The molecule has 12 heteroatoms. The topological polar surface area (TPSA) is 88.6 Å². The lowest BCUT2D eigenvalue weighted by molar-refractivity contribution is 0.122. The van der Waals surface area contributed by atoms with E-state index in [0.29, 0.717) is 40.6 Å². The maximum absolute atomic E-state index is 14.5. The first-order chi connectivity index (χ1) is 16.3. The van der Waals surface area contributed by atoms with Gasteiger partial charge in [0.05, 0.1) is 20.0 Å². The summed E-state index contributed by atoms with van der Waals surface area (Å²) in [5.74, 6) is 0.202. The van der Waals surface area contributed by atoms with Gasteiger partial charge < -0.3 is 9.64 Å². The fourth-order valence-corrected chi connectivity index (χ4v) is 4.12. The molecule has 1 N–H and O–H groups in total. The van der Waals surface area contributed by atoms with Crippen LogP contribution in [0, 0.1) is 0 Å². The average Bonchev–Trinajstić information content (AvgIpc) is 3.35. The molecule has 9 nitrogen and oxygen atoms in total. The second kappa shape index (κ2) is 8.50. The van der Waals surface area contributed by atoms with Gasteiger partial charge in [-0.05, 0) is 37.2 Å². The minimum absolute atomic E-state index is 0.0987. The molecule has 0 bridgehead atoms. The molecule has 4 heterocycles. The van der Waals surface area contributed by atoms with Crippen LogP contribution in [0.25, 0.3) is 27.7 Å². The number of piperidine rings is 1. The van der Waals surface area contributed by atoms with Crippen LogP contribution < -0.4 is 10.4 Å². The normalized spacial score (nSPS) is 20.8. The smallest absolute Gasteiger partial charge is 0.258 e. The van der Waals surface area contributed by atoms with E-state index in [2.05, 4.69) is 25.4 Å². The van der Waals surface area contributed by atoms with Crippen LogP contribution in [0.15, 0.2) is 35.4 Å². The van der Waals surface area contributed by atoms with Crippen molar-refractivity contribution in [2.24, 2.45) is 4.99 Å². The quantitative estimate of drug-likeness (QED) is 0.493. The van der Waals surface area contributed by atoms with E-state index in [1.54, 1.807) is 24.3 Å². The van der Waals surface area contributed by atoms with Crippen LogP contribution in [0.5, 0.6) is 5.88 Å². The highest BCUT2D eigenvalue weighted by molar-refractivity contribution is 5.89. The Kier molecular flexibility index (Phi) is 5.21. The molecule has 5 rings (SSSR count). The zero-order chi connectivity index (χ0) is 24.0. The van der Waals surface area contributed by atoms with Gasteiger partial charge in [0.15, 0.2) is 0 Å². The number of fused-ring (bicyclic) bond motifs is 2. The second-order valence-electron chi connectivity index (χ2n) is 8.06. The molecular formula is C21H23F3N8O. The summed E-state index contributed by atoms with van der Waals surface area (Å²) in [6, 6.07) is 6.20. The maximum atomic E-state index is 14.5. The molecule has 0 spiro atoms. The third-order valence-corrected chi connectivity index (χ3v) is 5.77. The molecule has 0 saturated carbocycles. The summed E-state index contributed by atoms with van der Waals surface area (Å²) in [4.78, 5) is 10.8. The number of methoxy groups -OCH3 is 1. The predicted molar refractivity (Wildman–Crippen MR) is 115 cm³/mol. The van der Waals surface area contributed by atoms with Crippen molar-refractivity contribution in [3.05, 3.63) is 36.1 Å². The Hall–Kier alpha value is -3.41. The number of rotatable bonds is 5. The fourth-order valence-electron chi connectivity index (χ4n) is 4.12. The monoisotopic (exact) mass is 461 g/mol. The largest absolute Gasteiger partial charge is 0.479 e. The van der Waals surface area contributed by atoms with Gasteiger partial charge >= 0.3 is 0 Å². The summed E-state index contributed by atoms with van der Waals surface area (Å²) in [6.07, 6.45) is -3.04. The van der Waals surface area contributed by atoms with Crippen molar-refractivity contribution < 1.29 is 19.3 Å². The van der Waals surface area contributed by atoms with Crippen LogP contribution in [0.1, 0.15) is 7.79 Å². The highest BCUT2D eigenvalue weighted by Gasteiger charge is 2.27. The van der Waals surface area contributed by atoms with Gasteiger partial charge in [0.2, 0.25) is 11.5 Å². The molecule has 1 saturated heterocycles. The molecular weight excluding hydrogens is 437 g/mol. The molecule has 33 heavy (non-hydrogen) atoms. The molecule has 1 aromatic carbocycles. The van der Waals surface area contributed by atoms with E-state index in [1.807, 2.05) is 11.9 Å². The number of benzene rings is 1. The Morgan fingerprint density at radius 3 is 2.97 bits per heavy atom. The predicted octanol–water partition coefficient (Wildman–Crippen LogP) is 2.29. The molecule has 1 fully saturated rings. The SMILES string of the molecule is [2H]c1cc(-c2ccc3nnn(CC(F)F)c3c2)c2c(OC)nc(=N[C@H]3CCN(C)C[C@H]3F)[nH]n12. The Morgan fingerprint density at radius 1 is 1.36 bits per heavy atom. The van der Waals surface area contributed by atoms with Gasteiger partial charge in [0.25, 0.3) is 6.43 Å². The van der Waals surface area contributed by atoms with Crippen LogP contribution in [-0.2, 0) is 6.54 Å². The average molecular weight is 461 g/mol. The number of ether oxygens (including phenoxy) is 1. The van der Waals surface area contributed by atoms with Crippen LogP contribution in [-0.4, -0.2) is 80.4 Å². The highest BCUT2D eigenvalue weighted by atomic mass is 19.3. The highest BCUT2D eigenvalue weighted by Crippen LogP contribution is 2.31. The minimum atomic E-state index is -2.57. The summed E-state index contributed by atoms with van der Waals surface area (Å²) in [5.41, 5.74) is 2.81. The Bertz CT molecular complexity index is 1410. The molecule has 4 aromatic rings. The van der Waals surface area contributed by atoms with E-state index in [0.717, 1.165) is 11.2 Å². The number of hydrogen-bond donors (Lipinski definition) is 1. The summed E-state index contributed by atoms with van der Waals surface area (Å²) in [6.45, 7) is 0.450. The van der Waals surface area contributed by atoms with Crippen molar-refractivity contribution in [3.63, 3.8) is 0 Å². The molecule has 0 aliphatic carbocycles. The number of aromatic nitrogens is 6. The van der Waals surface area contributed by atoms with Gasteiger partial charge in [-0.2, -0.15) is 4.98 Å². The van der Waals surface area contributed by atoms with Crippen LogP contribution in [0.4, 0.5) is 13.2 Å². The first kappa shape index (κ1) is 20.2. The van der Waals surface area contributed by atoms with Gasteiger partial charge in [-0.1, -0.05) is 11.3 Å². The first-order valence-corrected chi connectivity index (χ1v) is 10.5. The lowest BCUT2D eigenvalue weighted by Crippen LogP contribution is -2.42. The summed E-state index contributed by atoms with van der Waals surface area (Å²) >= 11 is 0. The van der Waals surface area contributed by atoms with Crippen LogP contribution in [0.3, 0.4) is 0 Å². The zero-order valence-corrected chi connectivity index (χ0v) is 18.0. The summed E-state index contributed by atoms with van der Waals surface area (Å²) in [5, 5.41) is 10.7. The van der Waals surface area contributed by atoms with E-state index >= 15 is 0 Å². The molecule has 1 aliphatic heterocycles. The molecule has 0 amide bonds. The fraction of sp³-hybridized carbons (Fsp3) is 0.429.